The summed E-state index contributed by atoms with van der Waals surface area (Å²) in [6.07, 6.45) is 3.28. The van der Waals surface area contributed by atoms with Gasteiger partial charge in [-0.2, -0.15) is 5.10 Å². The summed E-state index contributed by atoms with van der Waals surface area (Å²) in [4.78, 5) is 27.5. The Morgan fingerprint density at radius 3 is 2.34 bits per heavy atom. The zero-order valence-corrected chi connectivity index (χ0v) is 18.2. The molecule has 0 bridgehead atoms. The van der Waals surface area contributed by atoms with Crippen LogP contribution in [0.3, 0.4) is 0 Å². The molecular formula is C23H32N4O2. The van der Waals surface area contributed by atoms with E-state index in [4.69, 9.17) is 0 Å². The summed E-state index contributed by atoms with van der Waals surface area (Å²) in [5, 5.41) is 7.46. The molecule has 156 valence electrons. The first-order valence-electron chi connectivity index (χ1n) is 10.5. The van der Waals surface area contributed by atoms with Crippen molar-refractivity contribution in [2.45, 2.75) is 65.3 Å². The highest BCUT2D eigenvalue weighted by Crippen LogP contribution is 2.24. The summed E-state index contributed by atoms with van der Waals surface area (Å²) in [5.41, 5.74) is 2.41. The van der Waals surface area contributed by atoms with Crippen molar-refractivity contribution in [3.63, 3.8) is 0 Å². The van der Waals surface area contributed by atoms with E-state index < -0.39 is 0 Å². The number of hydrogen-bond acceptors (Lipinski definition) is 3. The molecule has 0 atom stereocenters. The van der Waals surface area contributed by atoms with Gasteiger partial charge in [0.25, 0.3) is 11.8 Å². The smallest absolute Gasteiger partial charge is 0.276 e. The highest BCUT2D eigenvalue weighted by Gasteiger charge is 2.24. The Morgan fingerprint density at radius 2 is 1.76 bits per heavy atom. The molecule has 6 heteroatoms. The van der Waals surface area contributed by atoms with Crippen LogP contribution < -0.4 is 5.32 Å². The molecule has 1 fully saturated rings. The van der Waals surface area contributed by atoms with Crippen LogP contribution in [-0.4, -0.2) is 39.6 Å². The minimum Gasteiger partial charge on any atom is -0.339 e. The fourth-order valence-corrected chi connectivity index (χ4v) is 3.66. The zero-order chi connectivity index (χ0) is 21.2. The van der Waals surface area contributed by atoms with Crippen LogP contribution in [0.2, 0.25) is 0 Å². The van der Waals surface area contributed by atoms with Gasteiger partial charge in [-0.3, -0.25) is 14.3 Å². The molecule has 1 aromatic carbocycles. The third kappa shape index (κ3) is 4.86. The lowest BCUT2D eigenvalue weighted by Gasteiger charge is -2.26. The first kappa shape index (κ1) is 21.1. The minimum atomic E-state index is -0.266. The summed E-state index contributed by atoms with van der Waals surface area (Å²) in [6.45, 7) is 12.0. The summed E-state index contributed by atoms with van der Waals surface area (Å²) < 4.78 is 1.92. The van der Waals surface area contributed by atoms with Gasteiger partial charge in [-0.1, -0.05) is 19.9 Å². The van der Waals surface area contributed by atoms with Crippen LogP contribution in [0.4, 0.5) is 5.69 Å². The summed E-state index contributed by atoms with van der Waals surface area (Å²) in [5.74, 6) is 0.0196. The second-order valence-electron chi connectivity index (χ2n) is 9.08. The van der Waals surface area contributed by atoms with Crippen molar-refractivity contribution in [3.05, 3.63) is 47.3 Å². The van der Waals surface area contributed by atoms with Gasteiger partial charge in [0.15, 0.2) is 5.69 Å². The van der Waals surface area contributed by atoms with Crippen LogP contribution in [0, 0.1) is 0 Å². The molecule has 29 heavy (non-hydrogen) atoms. The normalized spacial score (nSPS) is 14.9. The van der Waals surface area contributed by atoms with Crippen molar-refractivity contribution < 1.29 is 9.59 Å². The zero-order valence-electron chi connectivity index (χ0n) is 18.2. The number of benzene rings is 1. The molecule has 2 aromatic rings. The number of carbonyl (C=O) groups excluding carboxylic acids is 2. The molecule has 1 saturated heterocycles. The number of rotatable bonds is 4. The van der Waals surface area contributed by atoms with Crippen LogP contribution in [0.5, 0.6) is 0 Å². The van der Waals surface area contributed by atoms with Crippen molar-refractivity contribution in [1.82, 2.24) is 14.7 Å². The van der Waals surface area contributed by atoms with Crippen LogP contribution in [-0.2, 0) is 5.54 Å². The summed E-state index contributed by atoms with van der Waals surface area (Å²) >= 11 is 0. The van der Waals surface area contributed by atoms with Gasteiger partial charge in [-0.25, -0.2) is 0 Å². The number of amides is 2. The van der Waals surface area contributed by atoms with Gasteiger partial charge in [0, 0.05) is 30.0 Å². The molecular weight excluding hydrogens is 364 g/mol. The number of carbonyl (C=O) groups is 2. The van der Waals surface area contributed by atoms with Gasteiger partial charge in [0.2, 0.25) is 0 Å². The number of hydrogen-bond donors (Lipinski definition) is 1. The highest BCUT2D eigenvalue weighted by atomic mass is 16.2. The topological polar surface area (TPSA) is 67.2 Å². The standard InChI is InChI=1S/C23H32N4O2/c1-16(2)20-15-19(25-27(20)23(3,4)5)21(28)24-18-11-9-10-17(14-18)22(29)26-12-7-6-8-13-26/h9-11,14-16H,6-8,12-13H2,1-5H3,(H,24,28). The number of anilines is 1. The lowest BCUT2D eigenvalue weighted by Crippen LogP contribution is -2.35. The van der Waals surface area contributed by atoms with Crippen molar-refractivity contribution in [2.24, 2.45) is 0 Å². The molecule has 2 amide bonds. The van der Waals surface area contributed by atoms with Crippen molar-refractivity contribution >= 4 is 17.5 Å². The predicted octanol–water partition coefficient (Wildman–Crippen LogP) is 4.64. The minimum absolute atomic E-state index is 0.0277. The lowest BCUT2D eigenvalue weighted by molar-refractivity contribution is 0.0724. The van der Waals surface area contributed by atoms with Gasteiger partial charge >= 0.3 is 0 Å². The Morgan fingerprint density at radius 1 is 1.07 bits per heavy atom. The fraction of sp³-hybridized carbons (Fsp3) is 0.522. The van der Waals surface area contributed by atoms with E-state index in [1.54, 1.807) is 24.3 Å². The van der Waals surface area contributed by atoms with Crippen LogP contribution in [0.15, 0.2) is 30.3 Å². The Balaban J connectivity index is 1.78. The van der Waals surface area contributed by atoms with Gasteiger partial charge < -0.3 is 10.2 Å². The average Bonchev–Trinajstić information content (AvgIpc) is 3.15. The van der Waals surface area contributed by atoms with E-state index in [0.29, 0.717) is 16.9 Å². The van der Waals surface area contributed by atoms with Crippen LogP contribution >= 0.6 is 0 Å². The first-order valence-corrected chi connectivity index (χ1v) is 10.5. The molecule has 1 aromatic heterocycles. The van der Waals surface area contributed by atoms with E-state index >= 15 is 0 Å². The van der Waals surface area contributed by atoms with E-state index in [1.807, 2.05) is 15.6 Å². The van der Waals surface area contributed by atoms with E-state index in [9.17, 15) is 9.59 Å². The quantitative estimate of drug-likeness (QED) is 0.819. The first-order chi connectivity index (χ1) is 13.7. The molecule has 1 aliphatic heterocycles. The Hall–Kier alpha value is -2.63. The van der Waals surface area contributed by atoms with E-state index in [0.717, 1.165) is 31.6 Å². The molecule has 0 saturated carbocycles. The third-order valence-electron chi connectivity index (χ3n) is 5.21. The number of aromatic nitrogens is 2. The van der Waals surface area contributed by atoms with E-state index in [2.05, 4.69) is 45.0 Å². The molecule has 0 spiro atoms. The maximum absolute atomic E-state index is 12.8. The third-order valence-corrected chi connectivity index (χ3v) is 5.21. The molecule has 0 unspecified atom stereocenters. The maximum Gasteiger partial charge on any atom is 0.276 e. The molecule has 6 nitrogen and oxygen atoms in total. The summed E-state index contributed by atoms with van der Waals surface area (Å²) in [7, 11) is 0. The Bertz CT molecular complexity index is 887. The SMILES string of the molecule is CC(C)c1cc(C(=O)Nc2cccc(C(=O)N3CCCCC3)c2)nn1C(C)(C)C. The molecule has 3 rings (SSSR count). The molecule has 2 heterocycles. The number of likely N-dealkylation sites (tertiary alicyclic amines) is 1. The van der Waals surface area contributed by atoms with E-state index in [-0.39, 0.29) is 23.3 Å². The van der Waals surface area contributed by atoms with Crippen LogP contribution in [0.1, 0.15) is 86.3 Å². The molecule has 0 radical (unpaired) electrons. The number of nitrogens with one attached hydrogen (secondary N) is 1. The molecule has 1 N–H and O–H groups in total. The monoisotopic (exact) mass is 396 g/mol. The van der Waals surface area contributed by atoms with Crippen molar-refractivity contribution in [3.8, 4) is 0 Å². The summed E-state index contributed by atoms with van der Waals surface area (Å²) in [6, 6.07) is 9.01. The fourth-order valence-electron chi connectivity index (χ4n) is 3.66. The predicted molar refractivity (Wildman–Crippen MR) is 115 cm³/mol. The van der Waals surface area contributed by atoms with E-state index in [1.165, 1.54) is 6.42 Å². The van der Waals surface area contributed by atoms with Gasteiger partial charge in [0.05, 0.1) is 5.54 Å². The Kier molecular flexibility index (Phi) is 6.10. The average molecular weight is 397 g/mol. The van der Waals surface area contributed by atoms with Gasteiger partial charge in [0.1, 0.15) is 0 Å². The second-order valence-corrected chi connectivity index (χ2v) is 9.08. The lowest BCUT2D eigenvalue weighted by atomic mass is 10.1. The van der Waals surface area contributed by atoms with Crippen LogP contribution in [0.25, 0.3) is 0 Å². The largest absolute Gasteiger partial charge is 0.339 e. The Labute approximate surface area is 173 Å². The maximum atomic E-state index is 12.8. The second kappa shape index (κ2) is 8.39. The highest BCUT2D eigenvalue weighted by molar-refractivity contribution is 6.04. The molecule has 0 aliphatic carbocycles. The number of piperidine rings is 1. The van der Waals surface area contributed by atoms with Crippen molar-refractivity contribution in [2.75, 3.05) is 18.4 Å². The van der Waals surface area contributed by atoms with Gasteiger partial charge in [-0.15, -0.1) is 0 Å². The number of nitrogens with zero attached hydrogens (tertiary/aromatic N) is 3. The van der Waals surface area contributed by atoms with Crippen molar-refractivity contribution in [1.29, 1.82) is 0 Å². The molecule has 1 aliphatic rings. The van der Waals surface area contributed by atoms with Gasteiger partial charge in [-0.05, 0) is 70.2 Å².